The van der Waals surface area contributed by atoms with Gasteiger partial charge >= 0.3 is 0 Å². The van der Waals surface area contributed by atoms with Gasteiger partial charge in [-0.15, -0.1) is 0 Å². The molecular formula is C12H15N3O2S. The fourth-order valence-corrected chi connectivity index (χ4v) is 1.78. The molecule has 1 N–H and O–H groups in total. The molecular weight excluding hydrogens is 250 g/mol. The molecule has 1 aromatic rings. The lowest BCUT2D eigenvalue weighted by atomic mass is 10.1. The molecule has 0 aliphatic rings. The molecule has 0 radical (unpaired) electrons. The third kappa shape index (κ3) is 3.93. The zero-order valence-electron chi connectivity index (χ0n) is 10.3. The minimum absolute atomic E-state index is 0.0861. The van der Waals surface area contributed by atoms with Gasteiger partial charge in [0, 0.05) is 23.5 Å². The summed E-state index contributed by atoms with van der Waals surface area (Å²) in [6.07, 6.45) is 3.03. The van der Waals surface area contributed by atoms with Gasteiger partial charge in [-0.2, -0.15) is 17.0 Å². The Labute approximate surface area is 110 Å². The van der Waals surface area contributed by atoms with Crippen molar-refractivity contribution in [1.29, 1.82) is 5.26 Å². The molecule has 0 aliphatic heterocycles. The lowest BCUT2D eigenvalue weighted by Crippen LogP contribution is -2.08. The van der Waals surface area contributed by atoms with Gasteiger partial charge in [-0.3, -0.25) is 10.1 Å². The third-order valence-corrected chi connectivity index (χ3v) is 3.64. The number of nitro benzene ring substituents is 1. The van der Waals surface area contributed by atoms with Crippen LogP contribution in [0.25, 0.3) is 0 Å². The second-order valence-corrected chi connectivity index (χ2v) is 5.14. The number of nitrogens with zero attached hydrogens (tertiary/aromatic N) is 2. The van der Waals surface area contributed by atoms with Gasteiger partial charge in [-0.1, -0.05) is 6.92 Å². The smallest absolute Gasteiger partial charge is 0.289 e. The molecule has 1 atom stereocenters. The molecule has 96 valence electrons. The number of nitriles is 1. The second kappa shape index (κ2) is 6.87. The van der Waals surface area contributed by atoms with Crippen molar-refractivity contribution < 1.29 is 4.92 Å². The molecule has 1 unspecified atom stereocenters. The molecule has 0 saturated carbocycles. The number of thioether (sulfide) groups is 1. The van der Waals surface area contributed by atoms with Gasteiger partial charge in [0.05, 0.1) is 4.92 Å². The maximum absolute atomic E-state index is 10.8. The molecule has 6 heteroatoms. The summed E-state index contributed by atoms with van der Waals surface area (Å²) in [4.78, 5) is 10.3. The summed E-state index contributed by atoms with van der Waals surface area (Å²) in [5, 5.41) is 23.2. The third-order valence-electron chi connectivity index (χ3n) is 2.60. The van der Waals surface area contributed by atoms with Crippen molar-refractivity contribution in [3.63, 3.8) is 0 Å². The Morgan fingerprint density at radius 1 is 1.61 bits per heavy atom. The quantitative estimate of drug-likeness (QED) is 0.631. The van der Waals surface area contributed by atoms with Crippen LogP contribution in [-0.4, -0.2) is 23.0 Å². The summed E-state index contributed by atoms with van der Waals surface area (Å²) in [7, 11) is 0. The topological polar surface area (TPSA) is 79.0 Å². The SMILES string of the molecule is CSC(C)CCNc1ccc(C#N)c([N+](=O)[O-])c1. The molecule has 0 aliphatic carbocycles. The first-order chi connectivity index (χ1) is 8.58. The fourth-order valence-electron chi connectivity index (χ4n) is 1.42. The predicted octanol–water partition coefficient (Wildman–Crippen LogP) is 3.02. The summed E-state index contributed by atoms with van der Waals surface area (Å²) >= 11 is 1.78. The van der Waals surface area contributed by atoms with E-state index in [1.807, 2.05) is 6.07 Å². The molecule has 18 heavy (non-hydrogen) atoms. The van der Waals surface area contributed by atoms with Crippen LogP contribution in [-0.2, 0) is 0 Å². The van der Waals surface area contributed by atoms with Crippen molar-refractivity contribution in [3.05, 3.63) is 33.9 Å². The van der Waals surface area contributed by atoms with E-state index in [0.29, 0.717) is 10.9 Å². The van der Waals surface area contributed by atoms with Gasteiger partial charge in [0.2, 0.25) is 0 Å². The summed E-state index contributed by atoms with van der Waals surface area (Å²) < 4.78 is 0. The predicted molar refractivity (Wildman–Crippen MR) is 73.9 cm³/mol. The van der Waals surface area contributed by atoms with Crippen LogP contribution in [0.15, 0.2) is 18.2 Å². The van der Waals surface area contributed by atoms with Crippen LogP contribution in [0.4, 0.5) is 11.4 Å². The van der Waals surface area contributed by atoms with E-state index in [0.717, 1.165) is 13.0 Å². The Bertz CT molecular complexity index is 471. The maximum Gasteiger partial charge on any atom is 0.289 e. The van der Waals surface area contributed by atoms with Gasteiger partial charge in [-0.25, -0.2) is 0 Å². The molecule has 1 rings (SSSR count). The highest BCUT2D eigenvalue weighted by atomic mass is 32.2. The van der Waals surface area contributed by atoms with Crippen molar-refractivity contribution in [2.24, 2.45) is 0 Å². The molecule has 0 spiro atoms. The molecule has 5 nitrogen and oxygen atoms in total. The normalized spacial score (nSPS) is 11.6. The molecule has 0 amide bonds. The monoisotopic (exact) mass is 265 g/mol. The number of nitro groups is 1. The number of nitrogens with one attached hydrogen (secondary N) is 1. The Kier molecular flexibility index (Phi) is 5.46. The van der Waals surface area contributed by atoms with E-state index < -0.39 is 4.92 Å². The minimum Gasteiger partial charge on any atom is -0.385 e. The first-order valence-corrected chi connectivity index (χ1v) is 6.82. The standard InChI is InChI=1S/C12H15N3O2S/c1-9(18-2)5-6-14-11-4-3-10(8-13)12(7-11)15(16)17/h3-4,7,9,14H,5-6H2,1-2H3. The van der Waals surface area contributed by atoms with E-state index >= 15 is 0 Å². The van der Waals surface area contributed by atoms with Crippen molar-refractivity contribution >= 4 is 23.1 Å². The molecule has 0 fully saturated rings. The van der Waals surface area contributed by atoms with E-state index in [9.17, 15) is 10.1 Å². The lowest BCUT2D eigenvalue weighted by Gasteiger charge is -2.10. The van der Waals surface area contributed by atoms with Crippen molar-refractivity contribution in [2.75, 3.05) is 18.1 Å². The van der Waals surface area contributed by atoms with Gasteiger partial charge in [0.25, 0.3) is 5.69 Å². The Morgan fingerprint density at radius 3 is 2.89 bits per heavy atom. The van der Waals surface area contributed by atoms with Crippen LogP contribution in [0.1, 0.15) is 18.9 Å². The highest BCUT2D eigenvalue weighted by Crippen LogP contribution is 2.22. The van der Waals surface area contributed by atoms with Gasteiger partial charge < -0.3 is 5.32 Å². The lowest BCUT2D eigenvalue weighted by molar-refractivity contribution is -0.385. The summed E-state index contributed by atoms with van der Waals surface area (Å²) in [6.45, 7) is 2.89. The first kappa shape index (κ1) is 14.3. The van der Waals surface area contributed by atoms with Crippen LogP contribution in [0.5, 0.6) is 0 Å². The van der Waals surface area contributed by atoms with Crippen molar-refractivity contribution in [1.82, 2.24) is 0 Å². The second-order valence-electron chi connectivity index (χ2n) is 3.86. The highest BCUT2D eigenvalue weighted by Gasteiger charge is 2.13. The summed E-state index contributed by atoms with van der Waals surface area (Å²) in [5.74, 6) is 0. The van der Waals surface area contributed by atoms with Crippen molar-refractivity contribution in [2.45, 2.75) is 18.6 Å². The summed E-state index contributed by atoms with van der Waals surface area (Å²) in [6, 6.07) is 6.38. The Morgan fingerprint density at radius 2 is 2.33 bits per heavy atom. The molecule has 1 aromatic carbocycles. The molecule has 0 aromatic heterocycles. The van der Waals surface area contributed by atoms with Crippen LogP contribution in [0.2, 0.25) is 0 Å². The molecule has 0 saturated heterocycles. The minimum atomic E-state index is -0.533. The largest absolute Gasteiger partial charge is 0.385 e. The molecule has 0 heterocycles. The summed E-state index contributed by atoms with van der Waals surface area (Å²) in [5.41, 5.74) is 0.609. The van der Waals surface area contributed by atoms with E-state index in [2.05, 4.69) is 18.5 Å². The van der Waals surface area contributed by atoms with Crippen LogP contribution in [0, 0.1) is 21.4 Å². The van der Waals surface area contributed by atoms with Crippen LogP contribution in [0.3, 0.4) is 0 Å². The average molecular weight is 265 g/mol. The first-order valence-electron chi connectivity index (χ1n) is 5.53. The zero-order valence-corrected chi connectivity index (χ0v) is 11.2. The fraction of sp³-hybridized carbons (Fsp3) is 0.417. The number of anilines is 1. The van der Waals surface area contributed by atoms with Gasteiger partial charge in [0.1, 0.15) is 11.6 Å². The number of hydrogen-bond donors (Lipinski definition) is 1. The van der Waals surface area contributed by atoms with Gasteiger partial charge in [0.15, 0.2) is 0 Å². The maximum atomic E-state index is 10.8. The Balaban J connectivity index is 2.71. The van der Waals surface area contributed by atoms with E-state index in [4.69, 9.17) is 5.26 Å². The number of rotatable bonds is 6. The highest BCUT2D eigenvalue weighted by molar-refractivity contribution is 7.99. The van der Waals surface area contributed by atoms with E-state index in [1.54, 1.807) is 17.8 Å². The average Bonchev–Trinajstić information content (AvgIpc) is 2.38. The van der Waals surface area contributed by atoms with Gasteiger partial charge in [-0.05, 0) is 24.8 Å². The van der Waals surface area contributed by atoms with E-state index in [1.165, 1.54) is 12.1 Å². The van der Waals surface area contributed by atoms with E-state index in [-0.39, 0.29) is 11.3 Å². The zero-order chi connectivity index (χ0) is 13.5. The molecule has 0 bridgehead atoms. The number of benzene rings is 1. The van der Waals surface area contributed by atoms with Crippen LogP contribution >= 0.6 is 11.8 Å². The van der Waals surface area contributed by atoms with Crippen LogP contribution < -0.4 is 5.32 Å². The number of hydrogen-bond acceptors (Lipinski definition) is 5. The Hall–Kier alpha value is -1.74. The van der Waals surface area contributed by atoms with Crippen molar-refractivity contribution in [3.8, 4) is 6.07 Å².